The topological polar surface area (TPSA) is 71.6 Å². The lowest BCUT2D eigenvalue weighted by molar-refractivity contribution is -0.133. The van der Waals surface area contributed by atoms with Gasteiger partial charge in [0, 0.05) is 18.2 Å². The number of carbonyl (C=O) groups excluding carboxylic acids is 1. The molecule has 1 amide bonds. The number of H-pyrrole nitrogens is 1. The summed E-state index contributed by atoms with van der Waals surface area (Å²) in [6.45, 7) is 2.52. The number of ether oxygens (including phenoxy) is 2. The van der Waals surface area contributed by atoms with Gasteiger partial charge in [0.2, 0.25) is 0 Å². The predicted molar refractivity (Wildman–Crippen MR) is 104 cm³/mol. The lowest BCUT2D eigenvalue weighted by Gasteiger charge is -2.21. The summed E-state index contributed by atoms with van der Waals surface area (Å²) in [6.07, 6.45) is 0. The Labute approximate surface area is 157 Å². The first kappa shape index (κ1) is 18.5. The number of hydrogen-bond acceptors (Lipinski definition) is 4. The maximum atomic E-state index is 12.5. The molecule has 3 rings (SSSR count). The van der Waals surface area contributed by atoms with Crippen LogP contribution in [0.5, 0.6) is 11.5 Å². The van der Waals surface area contributed by atoms with Crippen molar-refractivity contribution >= 4 is 16.8 Å². The molecule has 0 atom stereocenters. The van der Waals surface area contributed by atoms with Crippen molar-refractivity contribution in [2.75, 3.05) is 20.3 Å². The highest BCUT2D eigenvalue weighted by Gasteiger charge is 2.15. The number of likely N-dealkylation sites (N-methyl/N-ethyl adjacent to an activating group) is 1. The minimum absolute atomic E-state index is 0.0689. The molecule has 0 aliphatic rings. The van der Waals surface area contributed by atoms with Crippen LogP contribution >= 0.6 is 0 Å². The van der Waals surface area contributed by atoms with Crippen LogP contribution in [0.2, 0.25) is 0 Å². The molecule has 0 aliphatic carbocycles. The quantitative estimate of drug-likeness (QED) is 0.698. The summed E-state index contributed by atoms with van der Waals surface area (Å²) in [6, 6.07) is 16.5. The smallest absolute Gasteiger partial charge is 0.260 e. The second kappa shape index (κ2) is 8.40. The number of benzene rings is 2. The molecule has 6 nitrogen and oxygen atoms in total. The normalized spacial score (nSPS) is 10.6. The number of amides is 1. The lowest BCUT2D eigenvalue weighted by atomic mass is 10.1. The Morgan fingerprint density at radius 2 is 1.85 bits per heavy atom. The van der Waals surface area contributed by atoms with Crippen LogP contribution in [0.1, 0.15) is 12.5 Å². The minimum Gasteiger partial charge on any atom is -0.497 e. The largest absolute Gasteiger partial charge is 0.497 e. The highest BCUT2D eigenvalue weighted by molar-refractivity contribution is 5.81. The molecule has 3 aromatic rings. The van der Waals surface area contributed by atoms with Gasteiger partial charge in [0.1, 0.15) is 11.5 Å². The van der Waals surface area contributed by atoms with E-state index in [1.54, 1.807) is 30.2 Å². The van der Waals surface area contributed by atoms with Gasteiger partial charge in [-0.15, -0.1) is 0 Å². The van der Waals surface area contributed by atoms with E-state index in [0.717, 1.165) is 5.39 Å². The van der Waals surface area contributed by atoms with Crippen molar-refractivity contribution < 1.29 is 14.3 Å². The molecule has 0 radical (unpaired) electrons. The van der Waals surface area contributed by atoms with Crippen molar-refractivity contribution in [1.82, 2.24) is 9.88 Å². The van der Waals surface area contributed by atoms with Crippen LogP contribution < -0.4 is 15.0 Å². The Kier molecular flexibility index (Phi) is 5.76. The number of hydrogen-bond donors (Lipinski definition) is 1. The van der Waals surface area contributed by atoms with E-state index in [2.05, 4.69) is 4.98 Å². The molecule has 1 N–H and O–H groups in total. The number of pyridine rings is 1. The van der Waals surface area contributed by atoms with Gasteiger partial charge in [0.15, 0.2) is 6.61 Å². The molecule has 0 aliphatic heterocycles. The molecule has 2 aromatic carbocycles. The van der Waals surface area contributed by atoms with E-state index in [1.165, 1.54) is 0 Å². The van der Waals surface area contributed by atoms with Crippen molar-refractivity contribution in [3.63, 3.8) is 0 Å². The summed E-state index contributed by atoms with van der Waals surface area (Å²) >= 11 is 0. The molecule has 27 heavy (non-hydrogen) atoms. The van der Waals surface area contributed by atoms with Gasteiger partial charge in [0.25, 0.3) is 11.5 Å². The molecule has 6 heteroatoms. The van der Waals surface area contributed by atoms with Gasteiger partial charge in [-0.1, -0.05) is 18.2 Å². The van der Waals surface area contributed by atoms with Crippen LogP contribution in [0.4, 0.5) is 0 Å². The van der Waals surface area contributed by atoms with Crippen LogP contribution in [-0.4, -0.2) is 36.1 Å². The van der Waals surface area contributed by atoms with Gasteiger partial charge in [-0.25, -0.2) is 0 Å². The van der Waals surface area contributed by atoms with Crippen molar-refractivity contribution in [2.24, 2.45) is 0 Å². The highest BCUT2D eigenvalue weighted by Crippen LogP contribution is 2.19. The fourth-order valence-electron chi connectivity index (χ4n) is 2.80. The van der Waals surface area contributed by atoms with Crippen LogP contribution in [0.25, 0.3) is 10.9 Å². The number of aromatic amines is 1. The van der Waals surface area contributed by atoms with Gasteiger partial charge in [-0.2, -0.15) is 0 Å². The van der Waals surface area contributed by atoms with Gasteiger partial charge in [0.05, 0.1) is 19.2 Å². The van der Waals surface area contributed by atoms with Gasteiger partial charge >= 0.3 is 0 Å². The Bertz CT molecular complexity index is 982. The van der Waals surface area contributed by atoms with Crippen LogP contribution in [-0.2, 0) is 11.3 Å². The number of nitrogens with zero attached hydrogens (tertiary/aromatic N) is 1. The van der Waals surface area contributed by atoms with Crippen LogP contribution in [0, 0.1) is 0 Å². The van der Waals surface area contributed by atoms with E-state index < -0.39 is 0 Å². The molecule has 0 bridgehead atoms. The second-order valence-corrected chi connectivity index (χ2v) is 6.09. The molecule has 0 spiro atoms. The van der Waals surface area contributed by atoms with E-state index in [4.69, 9.17) is 9.47 Å². The number of aromatic nitrogens is 1. The molecule has 1 aromatic heterocycles. The summed E-state index contributed by atoms with van der Waals surface area (Å²) in [5.74, 6) is 1.14. The van der Waals surface area contributed by atoms with Crippen LogP contribution in [0.3, 0.4) is 0 Å². The molecular formula is C21H22N2O4. The highest BCUT2D eigenvalue weighted by atomic mass is 16.5. The average Bonchev–Trinajstić information content (AvgIpc) is 2.70. The minimum atomic E-state index is -0.217. The third kappa shape index (κ3) is 4.47. The van der Waals surface area contributed by atoms with E-state index >= 15 is 0 Å². The molecule has 0 unspecified atom stereocenters. The Morgan fingerprint density at radius 1 is 1.07 bits per heavy atom. The summed E-state index contributed by atoms with van der Waals surface area (Å²) in [4.78, 5) is 29.4. The van der Waals surface area contributed by atoms with Crippen molar-refractivity contribution in [2.45, 2.75) is 13.5 Å². The monoisotopic (exact) mass is 366 g/mol. The number of rotatable bonds is 7. The standard InChI is InChI=1S/C21H22N2O4/c1-3-23(20(24)14-27-17-7-5-4-6-8-17)13-16-11-15-9-10-18(26-2)12-19(15)22-21(16)25/h4-12H,3,13-14H2,1-2H3,(H,22,25). The van der Waals surface area contributed by atoms with E-state index in [0.29, 0.717) is 29.1 Å². The zero-order valence-corrected chi connectivity index (χ0v) is 15.4. The molecule has 0 saturated heterocycles. The Hall–Kier alpha value is -3.28. The maximum Gasteiger partial charge on any atom is 0.260 e. The number of para-hydroxylation sites is 1. The van der Waals surface area contributed by atoms with Crippen LogP contribution in [0.15, 0.2) is 59.4 Å². The molecule has 140 valence electrons. The average molecular weight is 366 g/mol. The summed E-state index contributed by atoms with van der Waals surface area (Å²) in [5.41, 5.74) is 1.01. The first-order chi connectivity index (χ1) is 13.1. The summed E-state index contributed by atoms with van der Waals surface area (Å²) in [7, 11) is 1.58. The van der Waals surface area contributed by atoms with Gasteiger partial charge < -0.3 is 19.4 Å². The van der Waals surface area contributed by atoms with Gasteiger partial charge in [-0.05, 0) is 42.6 Å². The van der Waals surface area contributed by atoms with E-state index in [1.807, 2.05) is 43.3 Å². The number of nitrogens with one attached hydrogen (secondary N) is 1. The number of methoxy groups -OCH3 is 1. The van der Waals surface area contributed by atoms with Crippen molar-refractivity contribution in [3.05, 3.63) is 70.5 Å². The number of fused-ring (bicyclic) bond motifs is 1. The Morgan fingerprint density at radius 3 is 2.56 bits per heavy atom. The number of carbonyl (C=O) groups is 1. The SMILES string of the molecule is CCN(Cc1cc2ccc(OC)cc2[nH]c1=O)C(=O)COc1ccccc1. The molecule has 0 saturated carbocycles. The fraction of sp³-hybridized carbons (Fsp3) is 0.238. The predicted octanol–water partition coefficient (Wildman–Crippen LogP) is 2.96. The zero-order valence-electron chi connectivity index (χ0n) is 15.4. The maximum absolute atomic E-state index is 12.5. The molecule has 1 heterocycles. The van der Waals surface area contributed by atoms with Crippen molar-refractivity contribution in [1.29, 1.82) is 0 Å². The molecular weight excluding hydrogens is 344 g/mol. The lowest BCUT2D eigenvalue weighted by Crippen LogP contribution is -2.36. The van der Waals surface area contributed by atoms with E-state index in [-0.39, 0.29) is 24.6 Å². The van der Waals surface area contributed by atoms with E-state index in [9.17, 15) is 9.59 Å². The summed E-state index contributed by atoms with van der Waals surface area (Å²) in [5, 5.41) is 0.884. The van der Waals surface area contributed by atoms with Crippen molar-refractivity contribution in [3.8, 4) is 11.5 Å². The Balaban J connectivity index is 1.74. The van der Waals surface area contributed by atoms with Gasteiger partial charge in [-0.3, -0.25) is 9.59 Å². The molecule has 0 fully saturated rings. The third-order valence-corrected chi connectivity index (χ3v) is 4.33. The third-order valence-electron chi connectivity index (χ3n) is 4.33. The fourth-order valence-corrected chi connectivity index (χ4v) is 2.80. The first-order valence-electron chi connectivity index (χ1n) is 8.76. The summed E-state index contributed by atoms with van der Waals surface area (Å²) < 4.78 is 10.7. The first-order valence-corrected chi connectivity index (χ1v) is 8.76. The zero-order chi connectivity index (χ0) is 19.2. The second-order valence-electron chi connectivity index (χ2n) is 6.09.